The van der Waals surface area contributed by atoms with Crippen molar-refractivity contribution in [1.82, 2.24) is 20.2 Å². The Labute approximate surface area is 191 Å². The van der Waals surface area contributed by atoms with Gasteiger partial charge in [-0.15, -0.1) is 0 Å². The first-order chi connectivity index (χ1) is 15.5. The lowest BCUT2D eigenvalue weighted by Gasteiger charge is -2.37. The average molecular weight is 457 g/mol. The van der Waals surface area contributed by atoms with Crippen molar-refractivity contribution in [3.05, 3.63) is 53.6 Å². The van der Waals surface area contributed by atoms with E-state index in [0.29, 0.717) is 18.4 Å². The summed E-state index contributed by atoms with van der Waals surface area (Å²) < 4.78 is 14.4. The highest BCUT2D eigenvalue weighted by molar-refractivity contribution is 6.31. The number of likely N-dealkylation sites (tertiary alicyclic amines) is 1. The highest BCUT2D eigenvalue weighted by atomic mass is 35.5. The molecule has 9 heteroatoms. The number of nitrogens with zero attached hydrogens (tertiary/aromatic N) is 4. The molecule has 1 saturated heterocycles. The second-order valence-electron chi connectivity index (χ2n) is 7.94. The Morgan fingerprint density at radius 1 is 1.25 bits per heavy atom. The molecule has 0 unspecified atom stereocenters. The van der Waals surface area contributed by atoms with Crippen LogP contribution < -0.4 is 15.5 Å². The Balaban J connectivity index is 1.53. The maximum atomic E-state index is 14.4. The van der Waals surface area contributed by atoms with Gasteiger partial charge in [0.25, 0.3) is 0 Å². The number of amides is 1. The number of halogens is 2. The zero-order valence-electron chi connectivity index (χ0n) is 18.1. The molecule has 7 nitrogen and oxygen atoms in total. The van der Waals surface area contributed by atoms with Crippen LogP contribution in [0.15, 0.2) is 42.7 Å². The van der Waals surface area contributed by atoms with Crippen LogP contribution in [0.25, 0.3) is 10.9 Å². The van der Waals surface area contributed by atoms with Gasteiger partial charge in [-0.05, 0) is 43.2 Å². The molecule has 2 heterocycles. The number of nitrogens with one attached hydrogen (secondary N) is 2. The van der Waals surface area contributed by atoms with Crippen LogP contribution in [-0.2, 0) is 4.79 Å². The third-order valence-electron chi connectivity index (χ3n) is 5.98. The van der Waals surface area contributed by atoms with Gasteiger partial charge < -0.3 is 15.5 Å². The summed E-state index contributed by atoms with van der Waals surface area (Å²) in [6.45, 7) is 2.19. The lowest BCUT2D eigenvalue weighted by atomic mass is 10.0. The number of hydrogen-bond donors (Lipinski definition) is 2. The molecule has 0 saturated carbocycles. The molecular weight excluding hydrogens is 431 g/mol. The van der Waals surface area contributed by atoms with Gasteiger partial charge in [-0.25, -0.2) is 14.4 Å². The van der Waals surface area contributed by atoms with Gasteiger partial charge in [0.2, 0.25) is 5.91 Å². The summed E-state index contributed by atoms with van der Waals surface area (Å²) in [5.74, 6) is 0.0482. The molecular formula is C23H26ClFN6O. The molecule has 3 aromatic rings. The van der Waals surface area contributed by atoms with Gasteiger partial charge in [0.15, 0.2) is 5.82 Å². The molecule has 4 rings (SSSR count). The quantitative estimate of drug-likeness (QED) is 0.587. The van der Waals surface area contributed by atoms with Crippen LogP contribution in [0, 0.1) is 5.82 Å². The third kappa shape index (κ3) is 4.76. The molecule has 1 aliphatic heterocycles. The van der Waals surface area contributed by atoms with Crippen LogP contribution in [0.3, 0.4) is 0 Å². The van der Waals surface area contributed by atoms with E-state index in [9.17, 15) is 9.18 Å². The number of carbonyl (C=O) groups excluding carboxylic acids is 1. The van der Waals surface area contributed by atoms with E-state index in [1.165, 1.54) is 12.4 Å². The van der Waals surface area contributed by atoms with Crippen LogP contribution in [-0.4, -0.2) is 60.5 Å². The van der Waals surface area contributed by atoms with Crippen molar-refractivity contribution in [1.29, 1.82) is 0 Å². The number of fused-ring (bicyclic) bond motifs is 1. The summed E-state index contributed by atoms with van der Waals surface area (Å²) in [5.41, 5.74) is 2.06. The van der Waals surface area contributed by atoms with E-state index < -0.39 is 5.82 Å². The smallest absolute Gasteiger partial charge is 0.233 e. The fraction of sp³-hybridized carbons (Fsp3) is 0.348. The fourth-order valence-electron chi connectivity index (χ4n) is 4.05. The van der Waals surface area contributed by atoms with E-state index >= 15 is 0 Å². The van der Waals surface area contributed by atoms with Crippen molar-refractivity contribution in [3.8, 4) is 0 Å². The molecule has 168 valence electrons. The van der Waals surface area contributed by atoms with E-state index in [1.807, 2.05) is 18.2 Å². The molecule has 1 aliphatic rings. The van der Waals surface area contributed by atoms with E-state index in [1.54, 1.807) is 19.2 Å². The number of benzene rings is 2. The van der Waals surface area contributed by atoms with Gasteiger partial charge in [-0.1, -0.05) is 17.7 Å². The molecule has 2 aromatic carbocycles. The fourth-order valence-corrected chi connectivity index (χ4v) is 4.22. The lowest BCUT2D eigenvalue weighted by Crippen LogP contribution is -2.46. The SMILES string of the molecule is CNC(=O)CN1CCC(N(C)c2ccc3ncnc(Nc4cccc(Cl)c4F)c3c2)CC1. The van der Waals surface area contributed by atoms with Crippen LogP contribution in [0.1, 0.15) is 12.8 Å². The summed E-state index contributed by atoms with van der Waals surface area (Å²) in [6.07, 6.45) is 3.39. The molecule has 0 radical (unpaired) electrons. The standard InChI is InChI=1S/C23H26ClFN6O/c1-26-21(32)13-31-10-8-15(9-11-31)30(2)16-6-7-19-17(12-16)23(28-14-27-19)29-20-5-3-4-18(24)22(20)25/h3-7,12,14-15H,8-11,13H2,1-2H3,(H,26,32)(H,27,28,29). The molecule has 1 aromatic heterocycles. The Morgan fingerprint density at radius 3 is 2.78 bits per heavy atom. The van der Waals surface area contributed by atoms with Gasteiger partial charge in [0.05, 0.1) is 22.8 Å². The summed E-state index contributed by atoms with van der Waals surface area (Å²) in [4.78, 5) is 24.8. The second kappa shape index (κ2) is 9.67. The van der Waals surface area contributed by atoms with Gasteiger partial charge in [-0.3, -0.25) is 9.69 Å². The minimum Gasteiger partial charge on any atom is -0.371 e. The normalized spacial score (nSPS) is 15.0. The zero-order valence-corrected chi connectivity index (χ0v) is 18.9. The van der Waals surface area contributed by atoms with Crippen molar-refractivity contribution >= 4 is 45.6 Å². The predicted octanol–water partition coefficient (Wildman–Crippen LogP) is 3.81. The predicted molar refractivity (Wildman–Crippen MR) is 126 cm³/mol. The monoisotopic (exact) mass is 456 g/mol. The zero-order chi connectivity index (χ0) is 22.7. The number of anilines is 3. The summed E-state index contributed by atoms with van der Waals surface area (Å²) in [5, 5.41) is 6.59. The molecule has 0 bridgehead atoms. The van der Waals surface area contributed by atoms with Gasteiger partial charge in [0, 0.05) is 44.3 Å². The average Bonchev–Trinajstić information content (AvgIpc) is 2.82. The number of aromatic nitrogens is 2. The molecule has 0 atom stereocenters. The Bertz CT molecular complexity index is 1120. The topological polar surface area (TPSA) is 73.4 Å². The van der Waals surface area contributed by atoms with Gasteiger partial charge in [-0.2, -0.15) is 0 Å². The van der Waals surface area contributed by atoms with E-state index in [0.717, 1.165) is 42.5 Å². The van der Waals surface area contributed by atoms with Crippen molar-refractivity contribution in [2.24, 2.45) is 0 Å². The Morgan fingerprint density at radius 2 is 2.03 bits per heavy atom. The maximum absolute atomic E-state index is 14.4. The number of likely N-dealkylation sites (N-methyl/N-ethyl adjacent to an activating group) is 1. The summed E-state index contributed by atoms with van der Waals surface area (Å²) >= 11 is 5.92. The third-order valence-corrected chi connectivity index (χ3v) is 6.27. The highest BCUT2D eigenvalue weighted by Crippen LogP contribution is 2.31. The van der Waals surface area contributed by atoms with Crippen LogP contribution >= 0.6 is 11.6 Å². The highest BCUT2D eigenvalue weighted by Gasteiger charge is 2.24. The second-order valence-corrected chi connectivity index (χ2v) is 8.35. The molecule has 0 spiro atoms. The molecule has 0 aliphatic carbocycles. The minimum atomic E-state index is -0.516. The minimum absolute atomic E-state index is 0.0440. The molecule has 1 fully saturated rings. The molecule has 32 heavy (non-hydrogen) atoms. The van der Waals surface area contributed by atoms with Crippen molar-refractivity contribution in [2.75, 3.05) is 43.9 Å². The lowest BCUT2D eigenvalue weighted by molar-refractivity contribution is -0.122. The summed E-state index contributed by atoms with van der Waals surface area (Å²) in [6, 6.07) is 11.2. The molecule has 2 N–H and O–H groups in total. The van der Waals surface area contributed by atoms with Crippen LogP contribution in [0.5, 0.6) is 0 Å². The number of rotatable bonds is 6. The Kier molecular flexibility index (Phi) is 6.72. The maximum Gasteiger partial charge on any atom is 0.233 e. The van der Waals surface area contributed by atoms with Crippen molar-refractivity contribution in [3.63, 3.8) is 0 Å². The first-order valence-corrected chi connectivity index (χ1v) is 11.0. The molecule has 1 amide bonds. The first-order valence-electron chi connectivity index (χ1n) is 10.6. The largest absolute Gasteiger partial charge is 0.371 e. The van der Waals surface area contributed by atoms with Crippen LogP contribution in [0.4, 0.5) is 21.6 Å². The number of piperidine rings is 1. The first kappa shape index (κ1) is 22.2. The van der Waals surface area contributed by atoms with E-state index in [-0.39, 0.29) is 16.6 Å². The van der Waals surface area contributed by atoms with E-state index in [4.69, 9.17) is 11.6 Å². The van der Waals surface area contributed by atoms with Crippen molar-refractivity contribution in [2.45, 2.75) is 18.9 Å². The van der Waals surface area contributed by atoms with Crippen LogP contribution in [0.2, 0.25) is 5.02 Å². The van der Waals surface area contributed by atoms with Gasteiger partial charge >= 0.3 is 0 Å². The Hall–Kier alpha value is -2.97. The van der Waals surface area contributed by atoms with Gasteiger partial charge in [0.1, 0.15) is 12.1 Å². The summed E-state index contributed by atoms with van der Waals surface area (Å²) in [7, 11) is 3.74. The number of carbonyl (C=O) groups is 1. The van der Waals surface area contributed by atoms with E-state index in [2.05, 4.69) is 37.4 Å². The number of hydrogen-bond acceptors (Lipinski definition) is 6. The van der Waals surface area contributed by atoms with Crippen molar-refractivity contribution < 1.29 is 9.18 Å².